The van der Waals surface area contributed by atoms with Crippen molar-refractivity contribution in [3.05, 3.63) is 80.2 Å². The van der Waals surface area contributed by atoms with Crippen molar-refractivity contribution in [2.75, 3.05) is 7.11 Å². The predicted octanol–water partition coefficient (Wildman–Crippen LogP) is 3.62. The molecule has 0 spiro atoms. The van der Waals surface area contributed by atoms with E-state index in [1.54, 1.807) is 30.3 Å². The number of imide groups is 1. The van der Waals surface area contributed by atoms with Crippen molar-refractivity contribution >= 4 is 40.6 Å². The van der Waals surface area contributed by atoms with E-state index in [0.29, 0.717) is 16.7 Å². The van der Waals surface area contributed by atoms with Gasteiger partial charge in [0.15, 0.2) is 0 Å². The van der Waals surface area contributed by atoms with Crippen LogP contribution in [0.4, 0.5) is 10.5 Å². The summed E-state index contributed by atoms with van der Waals surface area (Å²) < 4.78 is 4.63. The lowest BCUT2D eigenvalue weighted by atomic mass is 10.1. The largest absolute Gasteiger partial charge is 0.465 e. The van der Waals surface area contributed by atoms with Crippen LogP contribution in [0.25, 0.3) is 6.08 Å². The monoisotopic (exact) mass is 398 g/mol. The maximum Gasteiger partial charge on any atom is 0.337 e. The molecule has 142 valence electrons. The van der Waals surface area contributed by atoms with E-state index in [9.17, 15) is 24.5 Å². The van der Waals surface area contributed by atoms with Crippen LogP contribution in [0, 0.1) is 10.1 Å². The summed E-state index contributed by atoms with van der Waals surface area (Å²) in [5, 5.41) is 10.4. The predicted molar refractivity (Wildman–Crippen MR) is 102 cm³/mol. The van der Waals surface area contributed by atoms with Gasteiger partial charge in [-0.25, -0.2) is 4.79 Å². The lowest BCUT2D eigenvalue weighted by Crippen LogP contribution is -2.27. The fraction of sp³-hybridized carbons (Fsp3) is 0.105. The van der Waals surface area contributed by atoms with E-state index in [2.05, 4.69) is 4.74 Å². The van der Waals surface area contributed by atoms with Gasteiger partial charge in [-0.3, -0.25) is 24.6 Å². The molecule has 1 aliphatic heterocycles. The Bertz CT molecular complexity index is 1000. The molecule has 2 aromatic carbocycles. The summed E-state index contributed by atoms with van der Waals surface area (Å²) >= 11 is 0.776. The third-order valence-electron chi connectivity index (χ3n) is 3.97. The highest BCUT2D eigenvalue weighted by atomic mass is 32.2. The van der Waals surface area contributed by atoms with Crippen LogP contribution in [0.2, 0.25) is 0 Å². The molecule has 0 N–H and O–H groups in total. The van der Waals surface area contributed by atoms with Gasteiger partial charge >= 0.3 is 5.97 Å². The van der Waals surface area contributed by atoms with Crippen LogP contribution >= 0.6 is 11.8 Å². The molecular weight excluding hydrogens is 384 g/mol. The fourth-order valence-electron chi connectivity index (χ4n) is 2.56. The van der Waals surface area contributed by atoms with Crippen molar-refractivity contribution in [1.29, 1.82) is 0 Å². The van der Waals surface area contributed by atoms with Crippen LogP contribution in [0.3, 0.4) is 0 Å². The second-order valence-corrected chi connectivity index (χ2v) is 6.80. The molecule has 3 rings (SSSR count). The highest BCUT2D eigenvalue weighted by Gasteiger charge is 2.35. The van der Waals surface area contributed by atoms with Crippen molar-refractivity contribution in [3.63, 3.8) is 0 Å². The molecule has 0 atom stereocenters. The summed E-state index contributed by atoms with van der Waals surface area (Å²) in [6, 6.07) is 12.2. The maximum atomic E-state index is 12.6. The summed E-state index contributed by atoms with van der Waals surface area (Å²) in [4.78, 5) is 47.9. The Morgan fingerprint density at radius 2 is 1.93 bits per heavy atom. The number of nitrogens with zero attached hydrogens (tertiary/aromatic N) is 2. The topological polar surface area (TPSA) is 107 Å². The molecule has 1 heterocycles. The molecule has 0 unspecified atom stereocenters. The zero-order chi connectivity index (χ0) is 20.3. The summed E-state index contributed by atoms with van der Waals surface area (Å²) in [5.74, 6) is -0.948. The number of non-ortho nitro benzene ring substituents is 1. The molecule has 2 aromatic rings. The van der Waals surface area contributed by atoms with Gasteiger partial charge in [-0.15, -0.1) is 0 Å². The van der Waals surface area contributed by atoms with Crippen LogP contribution in [0.15, 0.2) is 53.4 Å². The van der Waals surface area contributed by atoms with Gasteiger partial charge in [-0.05, 0) is 41.1 Å². The average molecular weight is 398 g/mol. The molecule has 1 saturated heterocycles. The van der Waals surface area contributed by atoms with E-state index in [4.69, 9.17) is 0 Å². The molecule has 0 aromatic heterocycles. The van der Waals surface area contributed by atoms with Gasteiger partial charge in [0.2, 0.25) is 0 Å². The SMILES string of the molecule is COC(=O)c1ccc(CN2C(=O)S/C(=C\c3cccc([N+](=O)[O-])c3)C2=O)cc1. The molecule has 28 heavy (non-hydrogen) atoms. The van der Waals surface area contributed by atoms with E-state index in [1.165, 1.54) is 31.4 Å². The summed E-state index contributed by atoms with van der Waals surface area (Å²) in [7, 11) is 1.28. The van der Waals surface area contributed by atoms with E-state index in [0.717, 1.165) is 16.7 Å². The number of hydrogen-bond acceptors (Lipinski definition) is 7. The highest BCUT2D eigenvalue weighted by Crippen LogP contribution is 2.33. The molecule has 8 nitrogen and oxygen atoms in total. The molecule has 0 saturated carbocycles. The third-order valence-corrected chi connectivity index (χ3v) is 4.88. The highest BCUT2D eigenvalue weighted by molar-refractivity contribution is 8.18. The smallest absolute Gasteiger partial charge is 0.337 e. The van der Waals surface area contributed by atoms with Crippen molar-refractivity contribution in [2.45, 2.75) is 6.54 Å². The van der Waals surface area contributed by atoms with Crippen molar-refractivity contribution in [1.82, 2.24) is 4.90 Å². The molecule has 1 aliphatic rings. The normalized spacial score (nSPS) is 15.2. The zero-order valence-electron chi connectivity index (χ0n) is 14.7. The number of nitro groups is 1. The summed E-state index contributed by atoms with van der Waals surface area (Å²) in [5.41, 5.74) is 1.40. The number of esters is 1. The molecular formula is C19H14N2O6S. The lowest BCUT2D eigenvalue weighted by Gasteiger charge is -2.12. The number of hydrogen-bond donors (Lipinski definition) is 0. The quantitative estimate of drug-likeness (QED) is 0.328. The van der Waals surface area contributed by atoms with Crippen molar-refractivity contribution in [3.8, 4) is 0 Å². The first-order chi connectivity index (χ1) is 13.4. The standard InChI is InChI=1S/C19H14N2O6S/c1-27-18(23)14-7-5-12(6-8-14)11-20-17(22)16(28-19(20)24)10-13-3-2-4-15(9-13)21(25)26/h2-10H,11H2,1H3/b16-10-. The van der Waals surface area contributed by atoms with E-state index in [1.807, 2.05) is 0 Å². The van der Waals surface area contributed by atoms with Gasteiger partial charge in [-0.1, -0.05) is 24.3 Å². The molecule has 0 radical (unpaired) electrons. The Labute approximate surface area is 163 Å². The minimum atomic E-state index is -0.527. The average Bonchev–Trinajstić information content (AvgIpc) is 2.95. The molecule has 0 aliphatic carbocycles. The maximum absolute atomic E-state index is 12.6. The first kappa shape index (κ1) is 19.3. The Hall–Kier alpha value is -3.46. The van der Waals surface area contributed by atoms with Gasteiger partial charge in [0, 0.05) is 12.1 Å². The van der Waals surface area contributed by atoms with Crippen LogP contribution in [-0.4, -0.2) is 34.0 Å². The van der Waals surface area contributed by atoms with Gasteiger partial charge in [0.1, 0.15) is 0 Å². The molecule has 0 bridgehead atoms. The van der Waals surface area contributed by atoms with Crippen LogP contribution in [0.5, 0.6) is 0 Å². The van der Waals surface area contributed by atoms with E-state index in [-0.39, 0.29) is 17.1 Å². The summed E-state index contributed by atoms with van der Waals surface area (Å²) in [6.07, 6.45) is 1.46. The van der Waals surface area contributed by atoms with Crippen LogP contribution < -0.4 is 0 Å². The van der Waals surface area contributed by atoms with Gasteiger partial charge < -0.3 is 4.74 Å². The van der Waals surface area contributed by atoms with Crippen molar-refractivity contribution in [2.24, 2.45) is 0 Å². The number of thioether (sulfide) groups is 1. The first-order valence-corrected chi connectivity index (χ1v) is 8.88. The first-order valence-electron chi connectivity index (χ1n) is 8.06. The van der Waals surface area contributed by atoms with Crippen LogP contribution in [-0.2, 0) is 16.1 Å². The van der Waals surface area contributed by atoms with Gasteiger partial charge in [0.05, 0.1) is 29.0 Å². The number of methoxy groups -OCH3 is 1. The number of ether oxygens (including phenoxy) is 1. The second-order valence-electron chi connectivity index (χ2n) is 5.81. The summed E-state index contributed by atoms with van der Waals surface area (Å²) in [6.45, 7) is 0.0540. The van der Waals surface area contributed by atoms with Gasteiger partial charge in [0.25, 0.3) is 16.8 Å². The molecule has 1 fully saturated rings. The number of carbonyl (C=O) groups is 3. The Morgan fingerprint density at radius 1 is 1.21 bits per heavy atom. The number of benzene rings is 2. The second kappa shape index (κ2) is 8.05. The number of amides is 2. The van der Waals surface area contributed by atoms with Crippen LogP contribution in [0.1, 0.15) is 21.5 Å². The number of carbonyl (C=O) groups excluding carboxylic acids is 3. The van der Waals surface area contributed by atoms with Gasteiger partial charge in [-0.2, -0.15) is 0 Å². The van der Waals surface area contributed by atoms with E-state index < -0.39 is 22.0 Å². The Morgan fingerprint density at radius 3 is 2.57 bits per heavy atom. The zero-order valence-corrected chi connectivity index (χ0v) is 15.5. The number of nitro benzene ring substituents is 1. The minimum absolute atomic E-state index is 0.0540. The molecule has 9 heteroatoms. The number of rotatable bonds is 5. The minimum Gasteiger partial charge on any atom is -0.465 e. The van der Waals surface area contributed by atoms with Crippen molar-refractivity contribution < 1.29 is 24.0 Å². The Kier molecular flexibility index (Phi) is 5.55. The third kappa shape index (κ3) is 4.09. The van der Waals surface area contributed by atoms with E-state index >= 15 is 0 Å². The fourth-order valence-corrected chi connectivity index (χ4v) is 3.40. The Balaban J connectivity index is 1.77. The lowest BCUT2D eigenvalue weighted by molar-refractivity contribution is -0.384. The molecule has 2 amide bonds.